The van der Waals surface area contributed by atoms with E-state index in [0.29, 0.717) is 0 Å². The normalized spacial score (nSPS) is 30.4. The van der Waals surface area contributed by atoms with Crippen LogP contribution in [0.15, 0.2) is 17.1 Å². The maximum absolute atomic E-state index is 12.1. The average molecular weight is 353 g/mol. The zero-order valence-corrected chi connectivity index (χ0v) is 14.7. The van der Waals surface area contributed by atoms with E-state index in [0.717, 1.165) is 0 Å². The third kappa shape index (κ3) is 3.53. The van der Waals surface area contributed by atoms with E-state index in [2.05, 4.69) is 4.98 Å². The Hall–Kier alpha value is -1.97. The fraction of sp³-hybridized carbons (Fsp3) is 0.688. The lowest BCUT2D eigenvalue weighted by molar-refractivity contribution is -0.203. The first-order valence-corrected chi connectivity index (χ1v) is 8.20. The van der Waals surface area contributed by atoms with E-state index in [-0.39, 0.29) is 24.3 Å². The van der Waals surface area contributed by atoms with Gasteiger partial charge in [-0.2, -0.15) is 4.98 Å². The maximum atomic E-state index is 12.1. The number of hydrogen-bond acceptors (Lipinski definition) is 8. The molecular weight excluding hydrogens is 330 g/mol. The Kier molecular flexibility index (Phi) is 4.56. The van der Waals surface area contributed by atoms with E-state index in [1.54, 1.807) is 27.7 Å². The van der Waals surface area contributed by atoms with E-state index in [1.807, 2.05) is 0 Å². The van der Waals surface area contributed by atoms with Crippen LogP contribution < -0.4 is 11.4 Å². The molecule has 0 saturated carbocycles. The molecule has 0 radical (unpaired) electrons. The molecule has 2 fully saturated rings. The van der Waals surface area contributed by atoms with Crippen LogP contribution >= 0.6 is 0 Å². The Morgan fingerprint density at radius 1 is 1.40 bits per heavy atom. The molecule has 9 nitrogen and oxygen atoms in total. The van der Waals surface area contributed by atoms with Crippen LogP contribution in [-0.2, 0) is 23.7 Å². The number of anilines is 1. The lowest BCUT2D eigenvalue weighted by atomic mass is 10.1. The second-order valence-corrected chi connectivity index (χ2v) is 6.96. The first-order chi connectivity index (χ1) is 11.7. The van der Waals surface area contributed by atoms with Gasteiger partial charge in [0, 0.05) is 6.20 Å². The first kappa shape index (κ1) is 17.8. The number of carbonyl (C=O) groups is 1. The van der Waals surface area contributed by atoms with Crippen LogP contribution in [-0.4, -0.2) is 46.2 Å². The SMILES string of the molecule is CC(C)C(=O)OCC1OC(n2ccc(N)nc2=O)C2OC(C)(C)OC12. The van der Waals surface area contributed by atoms with Gasteiger partial charge in [-0.15, -0.1) is 0 Å². The van der Waals surface area contributed by atoms with E-state index >= 15 is 0 Å². The highest BCUT2D eigenvalue weighted by Gasteiger charge is 2.56. The third-order valence-corrected chi connectivity index (χ3v) is 4.11. The summed E-state index contributed by atoms with van der Waals surface area (Å²) in [6.45, 7) is 7.08. The topological polar surface area (TPSA) is 115 Å². The molecule has 2 saturated heterocycles. The first-order valence-electron chi connectivity index (χ1n) is 8.20. The highest BCUT2D eigenvalue weighted by molar-refractivity contribution is 5.71. The number of ether oxygens (including phenoxy) is 4. The molecular formula is C16H23N3O6. The van der Waals surface area contributed by atoms with Crippen molar-refractivity contribution in [3.63, 3.8) is 0 Å². The molecule has 4 unspecified atom stereocenters. The summed E-state index contributed by atoms with van der Waals surface area (Å²) >= 11 is 0. The van der Waals surface area contributed by atoms with Gasteiger partial charge in [0.05, 0.1) is 5.92 Å². The van der Waals surface area contributed by atoms with E-state index in [9.17, 15) is 9.59 Å². The molecule has 0 bridgehead atoms. The van der Waals surface area contributed by atoms with E-state index in [1.165, 1.54) is 16.8 Å². The van der Waals surface area contributed by atoms with Gasteiger partial charge in [0.2, 0.25) is 0 Å². The monoisotopic (exact) mass is 353 g/mol. The summed E-state index contributed by atoms with van der Waals surface area (Å²) < 4.78 is 24.3. The van der Waals surface area contributed by atoms with Crippen molar-refractivity contribution in [1.82, 2.24) is 9.55 Å². The summed E-state index contributed by atoms with van der Waals surface area (Å²) in [7, 11) is 0. The highest BCUT2D eigenvalue weighted by atomic mass is 16.8. The van der Waals surface area contributed by atoms with Gasteiger partial charge in [0.25, 0.3) is 0 Å². The molecule has 0 spiro atoms. The number of nitrogens with two attached hydrogens (primary N) is 1. The summed E-state index contributed by atoms with van der Waals surface area (Å²) in [5.74, 6) is -1.27. The van der Waals surface area contributed by atoms with Crippen LogP contribution in [0.4, 0.5) is 5.82 Å². The predicted molar refractivity (Wildman–Crippen MR) is 86.4 cm³/mol. The minimum atomic E-state index is -0.831. The molecule has 2 N–H and O–H groups in total. The number of fused-ring (bicyclic) bond motifs is 1. The van der Waals surface area contributed by atoms with Crippen LogP contribution in [0.25, 0.3) is 0 Å². The highest BCUT2D eigenvalue weighted by Crippen LogP contribution is 2.42. The zero-order valence-electron chi connectivity index (χ0n) is 14.7. The van der Waals surface area contributed by atoms with Gasteiger partial charge in [0.15, 0.2) is 12.0 Å². The summed E-state index contributed by atoms with van der Waals surface area (Å²) in [4.78, 5) is 27.6. The van der Waals surface area contributed by atoms with Crippen molar-refractivity contribution in [1.29, 1.82) is 0 Å². The van der Waals surface area contributed by atoms with E-state index < -0.39 is 36.0 Å². The molecule has 1 aromatic rings. The minimum absolute atomic E-state index is 0.0191. The molecule has 2 aliphatic heterocycles. The van der Waals surface area contributed by atoms with Gasteiger partial charge in [-0.3, -0.25) is 9.36 Å². The van der Waals surface area contributed by atoms with Crippen molar-refractivity contribution in [2.75, 3.05) is 12.3 Å². The van der Waals surface area contributed by atoms with Gasteiger partial charge in [-0.05, 0) is 19.9 Å². The smallest absolute Gasteiger partial charge is 0.351 e. The summed E-state index contributed by atoms with van der Waals surface area (Å²) in [5, 5.41) is 0. The van der Waals surface area contributed by atoms with Gasteiger partial charge in [-0.1, -0.05) is 13.8 Å². The van der Waals surface area contributed by atoms with Crippen molar-refractivity contribution in [2.24, 2.45) is 5.92 Å². The van der Waals surface area contributed by atoms with E-state index in [4.69, 9.17) is 24.7 Å². The summed E-state index contributed by atoms with van der Waals surface area (Å²) in [6.07, 6.45) is -0.784. The van der Waals surface area contributed by atoms with Crippen molar-refractivity contribution >= 4 is 11.8 Å². The molecule has 25 heavy (non-hydrogen) atoms. The standard InChI is InChI=1S/C16H23N3O6/c1-8(2)14(20)22-7-9-11-12(25-16(3,4)24-11)13(23-9)19-6-5-10(17)18-15(19)21/h5-6,8-9,11-13H,7H2,1-4H3,(H2,17,18,21). The number of carbonyl (C=O) groups excluding carboxylic acids is 1. The second-order valence-electron chi connectivity index (χ2n) is 6.96. The molecule has 4 atom stereocenters. The van der Waals surface area contributed by atoms with Crippen molar-refractivity contribution < 1.29 is 23.7 Å². The minimum Gasteiger partial charge on any atom is -0.463 e. The lowest BCUT2D eigenvalue weighted by Gasteiger charge is -2.24. The van der Waals surface area contributed by atoms with Crippen LogP contribution in [0.5, 0.6) is 0 Å². The average Bonchev–Trinajstić information content (AvgIpc) is 2.98. The summed E-state index contributed by atoms with van der Waals surface area (Å²) in [6, 6.07) is 1.51. The Morgan fingerprint density at radius 3 is 2.72 bits per heavy atom. The molecule has 3 rings (SSSR count). The van der Waals surface area contributed by atoms with Crippen LogP contribution in [0.3, 0.4) is 0 Å². The fourth-order valence-corrected chi connectivity index (χ4v) is 2.97. The summed E-state index contributed by atoms with van der Waals surface area (Å²) in [5.41, 5.74) is 4.99. The van der Waals surface area contributed by atoms with Crippen LogP contribution in [0.2, 0.25) is 0 Å². The van der Waals surface area contributed by atoms with Gasteiger partial charge >= 0.3 is 11.7 Å². The maximum Gasteiger partial charge on any atom is 0.351 e. The Labute approximate surface area is 145 Å². The third-order valence-electron chi connectivity index (χ3n) is 4.11. The molecule has 0 amide bonds. The van der Waals surface area contributed by atoms with Gasteiger partial charge in [0.1, 0.15) is 30.7 Å². The fourth-order valence-electron chi connectivity index (χ4n) is 2.97. The predicted octanol–water partition coefficient (Wildman–Crippen LogP) is 0.442. The molecule has 9 heteroatoms. The molecule has 0 aromatic carbocycles. The van der Waals surface area contributed by atoms with Crippen molar-refractivity contribution in [3.05, 3.63) is 22.7 Å². The molecule has 3 heterocycles. The Morgan fingerprint density at radius 2 is 2.08 bits per heavy atom. The lowest BCUT2D eigenvalue weighted by Crippen LogP contribution is -2.35. The van der Waals surface area contributed by atoms with Crippen molar-refractivity contribution in [2.45, 2.75) is 58.0 Å². The number of nitrogen functional groups attached to an aromatic ring is 1. The number of nitrogens with zero attached hydrogens (tertiary/aromatic N) is 2. The van der Waals surface area contributed by atoms with Gasteiger partial charge < -0.3 is 24.7 Å². The zero-order chi connectivity index (χ0) is 18.4. The quantitative estimate of drug-likeness (QED) is 0.776. The van der Waals surface area contributed by atoms with Crippen LogP contribution in [0, 0.1) is 5.92 Å². The number of hydrogen-bond donors (Lipinski definition) is 1. The molecule has 0 aliphatic carbocycles. The Bertz CT molecular complexity index is 716. The van der Waals surface area contributed by atoms with Crippen LogP contribution in [0.1, 0.15) is 33.9 Å². The number of aromatic nitrogens is 2. The second kappa shape index (κ2) is 6.40. The largest absolute Gasteiger partial charge is 0.463 e. The number of esters is 1. The number of rotatable bonds is 4. The van der Waals surface area contributed by atoms with Crippen molar-refractivity contribution in [3.8, 4) is 0 Å². The molecule has 138 valence electrons. The molecule has 2 aliphatic rings. The van der Waals surface area contributed by atoms with Gasteiger partial charge in [-0.25, -0.2) is 4.79 Å². The molecule has 1 aromatic heterocycles. The Balaban J connectivity index is 1.83.